The summed E-state index contributed by atoms with van der Waals surface area (Å²) in [5, 5.41) is 4.29. The van der Waals surface area contributed by atoms with E-state index in [0.29, 0.717) is 12.2 Å². The quantitative estimate of drug-likeness (QED) is 0.803. The van der Waals surface area contributed by atoms with E-state index in [0.717, 1.165) is 11.0 Å². The molecule has 0 amide bonds. The fraction of sp³-hybridized carbons (Fsp3) is 0.714. The van der Waals surface area contributed by atoms with Gasteiger partial charge in [0.1, 0.15) is 5.69 Å². The summed E-state index contributed by atoms with van der Waals surface area (Å²) in [4.78, 5) is 14.9. The van der Waals surface area contributed by atoms with Gasteiger partial charge in [0.15, 0.2) is 5.78 Å². The second-order valence-corrected chi connectivity index (χ2v) is 7.40. The third-order valence-electron chi connectivity index (χ3n) is 3.95. The standard InChI is InChI=1S/C14H25BrN4O/c1-13(2,14(3,4)16)12(20)11-10(15)9-17-19(11)8-7-18(5)6/h9H,7-8,16H2,1-6H3. The van der Waals surface area contributed by atoms with Crippen molar-refractivity contribution < 1.29 is 4.79 Å². The summed E-state index contributed by atoms with van der Waals surface area (Å²) in [6.45, 7) is 9.00. The Bertz CT molecular complexity index is 486. The van der Waals surface area contributed by atoms with E-state index in [1.54, 1.807) is 10.9 Å². The Morgan fingerprint density at radius 2 is 1.95 bits per heavy atom. The smallest absolute Gasteiger partial charge is 0.189 e. The lowest BCUT2D eigenvalue weighted by molar-refractivity contribution is 0.0721. The number of carbonyl (C=O) groups excluding carboxylic acids is 1. The Morgan fingerprint density at radius 3 is 2.40 bits per heavy atom. The van der Waals surface area contributed by atoms with E-state index in [9.17, 15) is 4.79 Å². The zero-order valence-electron chi connectivity index (χ0n) is 13.2. The molecule has 0 unspecified atom stereocenters. The van der Waals surface area contributed by atoms with Crippen molar-refractivity contribution in [2.24, 2.45) is 11.1 Å². The first kappa shape index (κ1) is 17.3. The zero-order valence-corrected chi connectivity index (χ0v) is 14.8. The molecule has 0 atom stereocenters. The van der Waals surface area contributed by atoms with Crippen LogP contribution in [-0.4, -0.2) is 46.6 Å². The van der Waals surface area contributed by atoms with Crippen LogP contribution < -0.4 is 5.73 Å². The number of carbonyl (C=O) groups is 1. The molecule has 5 nitrogen and oxygen atoms in total. The molecule has 0 spiro atoms. The molecule has 0 aliphatic rings. The SMILES string of the molecule is CN(C)CCn1ncc(Br)c1C(=O)C(C)(C)C(C)(C)N. The largest absolute Gasteiger partial charge is 0.325 e. The number of nitrogens with two attached hydrogens (primary N) is 1. The predicted molar refractivity (Wildman–Crippen MR) is 84.9 cm³/mol. The minimum atomic E-state index is -0.675. The molecule has 20 heavy (non-hydrogen) atoms. The third-order valence-corrected chi connectivity index (χ3v) is 4.53. The second-order valence-electron chi connectivity index (χ2n) is 6.54. The molecule has 0 aliphatic heterocycles. The maximum atomic E-state index is 12.9. The number of halogens is 1. The van der Waals surface area contributed by atoms with Gasteiger partial charge in [-0.3, -0.25) is 9.48 Å². The van der Waals surface area contributed by atoms with Crippen LogP contribution in [0, 0.1) is 5.41 Å². The highest BCUT2D eigenvalue weighted by molar-refractivity contribution is 9.10. The Labute approximate surface area is 129 Å². The van der Waals surface area contributed by atoms with Crippen molar-refractivity contribution in [3.8, 4) is 0 Å². The fourth-order valence-corrected chi connectivity index (χ4v) is 2.12. The van der Waals surface area contributed by atoms with Crippen LogP contribution in [-0.2, 0) is 6.54 Å². The van der Waals surface area contributed by atoms with Gasteiger partial charge in [0.2, 0.25) is 0 Å². The van der Waals surface area contributed by atoms with E-state index in [-0.39, 0.29) is 5.78 Å². The molecule has 114 valence electrons. The molecule has 0 saturated carbocycles. The number of aromatic nitrogens is 2. The molecule has 1 heterocycles. The third kappa shape index (κ3) is 3.48. The van der Waals surface area contributed by atoms with Crippen molar-refractivity contribution in [3.05, 3.63) is 16.4 Å². The van der Waals surface area contributed by atoms with Crippen LogP contribution in [0.2, 0.25) is 0 Å². The van der Waals surface area contributed by atoms with E-state index >= 15 is 0 Å². The molecular weight excluding hydrogens is 320 g/mol. The molecule has 0 saturated heterocycles. The van der Waals surface area contributed by atoms with Crippen LogP contribution in [0.5, 0.6) is 0 Å². The van der Waals surface area contributed by atoms with Gasteiger partial charge in [0.05, 0.1) is 17.2 Å². The van der Waals surface area contributed by atoms with Gasteiger partial charge < -0.3 is 10.6 Å². The van der Waals surface area contributed by atoms with E-state index in [4.69, 9.17) is 5.73 Å². The fourth-order valence-electron chi connectivity index (χ4n) is 1.64. The Hall–Kier alpha value is -0.720. The molecular formula is C14H25BrN4O. The van der Waals surface area contributed by atoms with Crippen LogP contribution in [0.25, 0.3) is 0 Å². The summed E-state index contributed by atoms with van der Waals surface area (Å²) < 4.78 is 2.47. The minimum Gasteiger partial charge on any atom is -0.325 e. The molecule has 1 aromatic heterocycles. The molecule has 0 radical (unpaired) electrons. The van der Waals surface area contributed by atoms with E-state index in [1.165, 1.54) is 0 Å². The Kier molecular flexibility index (Phi) is 5.16. The maximum Gasteiger partial charge on any atom is 0.189 e. The number of hydrogen-bond donors (Lipinski definition) is 1. The van der Waals surface area contributed by atoms with Gasteiger partial charge in [-0.1, -0.05) is 13.8 Å². The highest BCUT2D eigenvalue weighted by Gasteiger charge is 2.42. The minimum absolute atomic E-state index is 0.00753. The summed E-state index contributed by atoms with van der Waals surface area (Å²) in [7, 11) is 3.99. The molecule has 6 heteroatoms. The van der Waals surface area contributed by atoms with Gasteiger partial charge in [0.25, 0.3) is 0 Å². The zero-order chi connectivity index (χ0) is 15.7. The molecule has 1 aromatic rings. The first-order chi connectivity index (χ1) is 8.98. The Balaban J connectivity index is 3.13. The van der Waals surface area contributed by atoms with Crippen molar-refractivity contribution in [3.63, 3.8) is 0 Å². The molecule has 0 aliphatic carbocycles. The average Bonchev–Trinajstić information content (AvgIpc) is 2.65. The van der Waals surface area contributed by atoms with Crippen molar-refractivity contribution in [1.29, 1.82) is 0 Å². The average molecular weight is 345 g/mol. The summed E-state index contributed by atoms with van der Waals surface area (Å²) >= 11 is 3.43. The summed E-state index contributed by atoms with van der Waals surface area (Å²) in [6, 6.07) is 0. The summed E-state index contributed by atoms with van der Waals surface area (Å²) in [5.41, 5.74) is 5.48. The van der Waals surface area contributed by atoms with Gasteiger partial charge in [-0.15, -0.1) is 0 Å². The van der Waals surface area contributed by atoms with Crippen LogP contribution in [0.1, 0.15) is 38.2 Å². The number of ketones is 1. The van der Waals surface area contributed by atoms with Crippen molar-refractivity contribution in [1.82, 2.24) is 14.7 Å². The monoisotopic (exact) mass is 344 g/mol. The van der Waals surface area contributed by atoms with Gasteiger partial charge >= 0.3 is 0 Å². The molecule has 0 bridgehead atoms. The first-order valence-electron chi connectivity index (χ1n) is 6.68. The number of likely N-dealkylation sites (N-methyl/N-ethyl adjacent to an activating group) is 1. The highest BCUT2D eigenvalue weighted by Crippen LogP contribution is 2.34. The van der Waals surface area contributed by atoms with Gasteiger partial charge in [-0.25, -0.2) is 0 Å². The van der Waals surface area contributed by atoms with E-state index in [1.807, 2.05) is 41.8 Å². The van der Waals surface area contributed by atoms with Gasteiger partial charge in [-0.05, 0) is 43.9 Å². The van der Waals surface area contributed by atoms with Crippen molar-refractivity contribution >= 4 is 21.7 Å². The lowest BCUT2D eigenvalue weighted by atomic mass is 9.71. The highest BCUT2D eigenvalue weighted by atomic mass is 79.9. The van der Waals surface area contributed by atoms with Crippen LogP contribution in [0.4, 0.5) is 0 Å². The predicted octanol–water partition coefficient (Wildman–Crippen LogP) is 2.15. The molecule has 1 rings (SSSR count). The normalized spacial score (nSPS) is 13.1. The number of rotatable bonds is 6. The van der Waals surface area contributed by atoms with Gasteiger partial charge in [-0.2, -0.15) is 5.10 Å². The molecule has 0 fully saturated rings. The summed E-state index contributed by atoms with van der Waals surface area (Å²) in [6.07, 6.45) is 1.67. The Morgan fingerprint density at radius 1 is 1.40 bits per heavy atom. The number of hydrogen-bond acceptors (Lipinski definition) is 4. The second kappa shape index (κ2) is 5.95. The summed E-state index contributed by atoms with van der Waals surface area (Å²) in [5.74, 6) is 0.00753. The van der Waals surface area contributed by atoms with Crippen LogP contribution in [0.3, 0.4) is 0 Å². The molecule has 2 N–H and O–H groups in total. The lowest BCUT2D eigenvalue weighted by Gasteiger charge is -2.37. The number of nitrogens with zero attached hydrogens (tertiary/aromatic N) is 3. The first-order valence-corrected chi connectivity index (χ1v) is 7.47. The molecule has 0 aromatic carbocycles. The lowest BCUT2D eigenvalue weighted by Crippen LogP contribution is -2.52. The van der Waals surface area contributed by atoms with Crippen LogP contribution >= 0.6 is 15.9 Å². The van der Waals surface area contributed by atoms with E-state index in [2.05, 4.69) is 25.9 Å². The van der Waals surface area contributed by atoms with Crippen LogP contribution in [0.15, 0.2) is 10.7 Å². The maximum absolute atomic E-state index is 12.9. The topological polar surface area (TPSA) is 64.2 Å². The van der Waals surface area contributed by atoms with E-state index < -0.39 is 11.0 Å². The van der Waals surface area contributed by atoms with Crippen molar-refractivity contribution in [2.75, 3.05) is 20.6 Å². The van der Waals surface area contributed by atoms with Gasteiger partial charge in [0, 0.05) is 17.5 Å². The number of Topliss-reactive ketones (excluding diaryl/α,β-unsaturated/α-hetero) is 1. The van der Waals surface area contributed by atoms with Crippen molar-refractivity contribution in [2.45, 2.75) is 39.8 Å².